The first-order chi connectivity index (χ1) is 11.1. The molecule has 5 nitrogen and oxygen atoms in total. The van der Waals surface area contributed by atoms with Gasteiger partial charge in [0.2, 0.25) is 0 Å². The standard InChI is InChI=1S/C18H37N3O2.HI/c1-5-19-18(20-12-16(8-10-22)11-15(3)4)21-9-7-17(13-21)14-23-6-2;/h15-17,22H,5-14H2,1-4H3,(H,19,20);1H. The molecule has 0 aliphatic carbocycles. The maximum atomic E-state index is 9.26. The summed E-state index contributed by atoms with van der Waals surface area (Å²) in [6.07, 6.45) is 3.14. The summed E-state index contributed by atoms with van der Waals surface area (Å²) in [5.74, 6) is 2.75. The fraction of sp³-hybridized carbons (Fsp3) is 0.944. The average molecular weight is 455 g/mol. The molecule has 6 heteroatoms. The van der Waals surface area contributed by atoms with E-state index in [9.17, 15) is 5.11 Å². The summed E-state index contributed by atoms with van der Waals surface area (Å²) in [6, 6.07) is 0. The lowest BCUT2D eigenvalue weighted by Gasteiger charge is -2.23. The van der Waals surface area contributed by atoms with Crippen LogP contribution in [0.25, 0.3) is 0 Å². The molecule has 0 bridgehead atoms. The van der Waals surface area contributed by atoms with Crippen molar-refractivity contribution in [3.8, 4) is 0 Å². The molecule has 1 saturated heterocycles. The second-order valence-corrected chi connectivity index (χ2v) is 6.96. The van der Waals surface area contributed by atoms with E-state index in [1.807, 2.05) is 6.92 Å². The lowest BCUT2D eigenvalue weighted by Crippen LogP contribution is -2.40. The molecule has 0 spiro atoms. The minimum Gasteiger partial charge on any atom is -0.396 e. The van der Waals surface area contributed by atoms with Crippen LogP contribution in [0.15, 0.2) is 4.99 Å². The maximum absolute atomic E-state index is 9.26. The number of nitrogens with one attached hydrogen (secondary N) is 1. The first kappa shape index (κ1) is 23.9. The minimum atomic E-state index is 0. The third-order valence-electron chi connectivity index (χ3n) is 4.32. The quantitative estimate of drug-likeness (QED) is 0.302. The van der Waals surface area contributed by atoms with Crippen LogP contribution < -0.4 is 5.32 Å². The van der Waals surface area contributed by atoms with Crippen molar-refractivity contribution in [2.45, 2.75) is 47.0 Å². The van der Waals surface area contributed by atoms with Gasteiger partial charge in [0.05, 0.1) is 6.61 Å². The van der Waals surface area contributed by atoms with Crippen LogP contribution in [0.1, 0.15) is 47.0 Å². The summed E-state index contributed by atoms with van der Waals surface area (Å²) in [6.45, 7) is 14.3. The fourth-order valence-electron chi connectivity index (χ4n) is 3.22. The second kappa shape index (κ2) is 14.1. The van der Waals surface area contributed by atoms with Crippen molar-refractivity contribution in [1.29, 1.82) is 0 Å². The molecule has 24 heavy (non-hydrogen) atoms. The van der Waals surface area contributed by atoms with Crippen molar-refractivity contribution in [1.82, 2.24) is 10.2 Å². The Morgan fingerprint density at radius 1 is 1.38 bits per heavy atom. The molecule has 0 radical (unpaired) electrons. The van der Waals surface area contributed by atoms with Crippen molar-refractivity contribution in [2.75, 3.05) is 46.0 Å². The molecule has 0 aromatic carbocycles. The number of ether oxygens (including phenoxy) is 1. The SMILES string of the molecule is CCNC(=NCC(CCO)CC(C)C)N1CCC(COCC)C1.I. The van der Waals surface area contributed by atoms with Crippen LogP contribution in [0.4, 0.5) is 0 Å². The summed E-state index contributed by atoms with van der Waals surface area (Å²) < 4.78 is 5.56. The van der Waals surface area contributed by atoms with Crippen molar-refractivity contribution in [3.63, 3.8) is 0 Å². The minimum absolute atomic E-state index is 0. The van der Waals surface area contributed by atoms with Gasteiger partial charge in [-0.05, 0) is 44.9 Å². The Hall–Kier alpha value is -0.0800. The molecule has 1 aliphatic rings. The number of halogens is 1. The molecule has 1 heterocycles. The molecule has 1 rings (SSSR count). The van der Waals surface area contributed by atoms with E-state index in [1.54, 1.807) is 0 Å². The molecule has 2 atom stereocenters. The van der Waals surface area contributed by atoms with E-state index in [0.717, 1.165) is 58.2 Å². The normalized spacial score (nSPS) is 19.5. The maximum Gasteiger partial charge on any atom is 0.193 e. The van der Waals surface area contributed by atoms with Crippen molar-refractivity contribution < 1.29 is 9.84 Å². The third-order valence-corrected chi connectivity index (χ3v) is 4.32. The van der Waals surface area contributed by atoms with Gasteiger partial charge in [0.15, 0.2) is 5.96 Å². The summed E-state index contributed by atoms with van der Waals surface area (Å²) in [5.41, 5.74) is 0. The summed E-state index contributed by atoms with van der Waals surface area (Å²) in [7, 11) is 0. The number of aliphatic hydroxyl groups excluding tert-OH is 1. The van der Waals surface area contributed by atoms with E-state index in [4.69, 9.17) is 9.73 Å². The van der Waals surface area contributed by atoms with Gasteiger partial charge in [0.1, 0.15) is 0 Å². The lowest BCUT2D eigenvalue weighted by atomic mass is 9.94. The van der Waals surface area contributed by atoms with Gasteiger partial charge in [-0.3, -0.25) is 4.99 Å². The highest BCUT2D eigenvalue weighted by atomic mass is 127. The zero-order valence-electron chi connectivity index (χ0n) is 16.0. The van der Waals surface area contributed by atoms with Crippen LogP contribution in [-0.4, -0.2) is 62.0 Å². The third kappa shape index (κ3) is 9.42. The fourth-order valence-corrected chi connectivity index (χ4v) is 3.22. The Balaban J connectivity index is 0.00000529. The predicted molar refractivity (Wildman–Crippen MR) is 112 cm³/mol. The van der Waals surface area contributed by atoms with Crippen molar-refractivity contribution >= 4 is 29.9 Å². The lowest BCUT2D eigenvalue weighted by molar-refractivity contribution is 0.114. The first-order valence-corrected chi connectivity index (χ1v) is 9.32. The second-order valence-electron chi connectivity index (χ2n) is 6.96. The largest absolute Gasteiger partial charge is 0.396 e. The van der Waals surface area contributed by atoms with E-state index in [0.29, 0.717) is 17.8 Å². The number of aliphatic hydroxyl groups is 1. The molecule has 0 saturated carbocycles. The Morgan fingerprint density at radius 2 is 2.12 bits per heavy atom. The van der Waals surface area contributed by atoms with Gasteiger partial charge < -0.3 is 20.1 Å². The van der Waals surface area contributed by atoms with Crippen molar-refractivity contribution in [3.05, 3.63) is 0 Å². The summed E-state index contributed by atoms with van der Waals surface area (Å²) >= 11 is 0. The molecule has 1 aliphatic heterocycles. The van der Waals surface area contributed by atoms with Gasteiger partial charge >= 0.3 is 0 Å². The van der Waals surface area contributed by atoms with E-state index in [-0.39, 0.29) is 30.6 Å². The summed E-state index contributed by atoms with van der Waals surface area (Å²) in [4.78, 5) is 7.22. The smallest absolute Gasteiger partial charge is 0.193 e. The van der Waals surface area contributed by atoms with E-state index >= 15 is 0 Å². The molecular weight excluding hydrogens is 417 g/mol. The molecular formula is C18H38IN3O2. The van der Waals surface area contributed by atoms with Gasteiger partial charge in [0.25, 0.3) is 0 Å². The number of guanidine groups is 1. The topological polar surface area (TPSA) is 57.1 Å². The molecule has 0 aromatic rings. The first-order valence-electron chi connectivity index (χ1n) is 9.32. The highest BCUT2D eigenvalue weighted by molar-refractivity contribution is 14.0. The number of rotatable bonds is 10. The number of hydrogen-bond donors (Lipinski definition) is 2. The van der Waals surface area contributed by atoms with E-state index in [1.165, 1.54) is 6.42 Å². The van der Waals surface area contributed by atoms with Gasteiger partial charge in [-0.15, -0.1) is 24.0 Å². The van der Waals surface area contributed by atoms with Crippen LogP contribution in [0.2, 0.25) is 0 Å². The zero-order valence-corrected chi connectivity index (χ0v) is 18.3. The number of likely N-dealkylation sites (tertiary alicyclic amines) is 1. The van der Waals surface area contributed by atoms with E-state index in [2.05, 4.69) is 31.0 Å². The average Bonchev–Trinajstić information content (AvgIpc) is 2.97. The highest BCUT2D eigenvalue weighted by Crippen LogP contribution is 2.18. The Bertz CT molecular complexity index is 340. The summed E-state index contributed by atoms with van der Waals surface area (Å²) in [5, 5.41) is 12.7. The van der Waals surface area contributed by atoms with Gasteiger partial charge in [0, 0.05) is 45.3 Å². The number of aliphatic imine (C=N–C) groups is 1. The van der Waals surface area contributed by atoms with Crippen LogP contribution in [0, 0.1) is 17.8 Å². The van der Waals surface area contributed by atoms with Gasteiger partial charge in [-0.25, -0.2) is 0 Å². The molecule has 0 aromatic heterocycles. The van der Waals surface area contributed by atoms with Gasteiger partial charge in [-0.1, -0.05) is 13.8 Å². The Kier molecular flexibility index (Phi) is 14.1. The van der Waals surface area contributed by atoms with Crippen LogP contribution in [0.5, 0.6) is 0 Å². The number of nitrogens with zero attached hydrogens (tertiary/aromatic N) is 2. The zero-order chi connectivity index (χ0) is 17.1. The molecule has 144 valence electrons. The Morgan fingerprint density at radius 3 is 2.71 bits per heavy atom. The molecule has 2 N–H and O–H groups in total. The van der Waals surface area contributed by atoms with Crippen LogP contribution in [-0.2, 0) is 4.74 Å². The molecule has 2 unspecified atom stereocenters. The van der Waals surface area contributed by atoms with Crippen molar-refractivity contribution in [2.24, 2.45) is 22.7 Å². The molecule has 0 amide bonds. The molecule has 1 fully saturated rings. The highest BCUT2D eigenvalue weighted by Gasteiger charge is 2.25. The van der Waals surface area contributed by atoms with Gasteiger partial charge in [-0.2, -0.15) is 0 Å². The van der Waals surface area contributed by atoms with E-state index < -0.39 is 0 Å². The van der Waals surface area contributed by atoms with Crippen LogP contribution in [0.3, 0.4) is 0 Å². The monoisotopic (exact) mass is 455 g/mol. The van der Waals surface area contributed by atoms with Crippen LogP contribution >= 0.6 is 24.0 Å². The predicted octanol–water partition coefficient (Wildman–Crippen LogP) is 2.97. The number of hydrogen-bond acceptors (Lipinski definition) is 3. The Labute approximate surface area is 165 Å².